The summed E-state index contributed by atoms with van der Waals surface area (Å²) in [5.74, 6) is 0. The van der Waals surface area contributed by atoms with Gasteiger partial charge in [0.1, 0.15) is 5.60 Å². The van der Waals surface area contributed by atoms with Crippen LogP contribution in [-0.2, 0) is 12.1 Å². The summed E-state index contributed by atoms with van der Waals surface area (Å²) < 4.78 is 1.92. The first kappa shape index (κ1) is 11.9. The standard InChI is InChI=1S/C14H18N2O/c1-2-8-14(17,11-16-10-9-15-12-16)13-6-4-3-5-7-13/h3-7,9-10,12,17H,2,8,11H2,1H3. The van der Waals surface area contributed by atoms with Gasteiger partial charge in [0.05, 0.1) is 12.9 Å². The fourth-order valence-electron chi connectivity index (χ4n) is 2.16. The minimum atomic E-state index is -0.809. The molecule has 90 valence electrons. The molecule has 0 amide bonds. The van der Waals surface area contributed by atoms with Gasteiger partial charge in [0.15, 0.2) is 0 Å². The van der Waals surface area contributed by atoms with Gasteiger partial charge in [-0.15, -0.1) is 0 Å². The highest BCUT2D eigenvalue weighted by molar-refractivity contribution is 5.22. The molecule has 1 aromatic heterocycles. The molecule has 0 radical (unpaired) electrons. The Labute approximate surface area is 102 Å². The number of hydrogen-bond donors (Lipinski definition) is 1. The van der Waals surface area contributed by atoms with Crippen LogP contribution in [0.1, 0.15) is 25.3 Å². The molecule has 1 unspecified atom stereocenters. The van der Waals surface area contributed by atoms with E-state index in [0.29, 0.717) is 6.54 Å². The molecule has 0 saturated heterocycles. The second-order valence-electron chi connectivity index (χ2n) is 4.38. The maximum Gasteiger partial charge on any atom is 0.107 e. The van der Waals surface area contributed by atoms with Crippen LogP contribution in [0.3, 0.4) is 0 Å². The first-order valence-electron chi connectivity index (χ1n) is 5.98. The van der Waals surface area contributed by atoms with E-state index in [1.807, 2.05) is 41.1 Å². The topological polar surface area (TPSA) is 38.0 Å². The average molecular weight is 230 g/mol. The second kappa shape index (κ2) is 5.15. The number of imidazole rings is 1. The zero-order valence-corrected chi connectivity index (χ0v) is 10.1. The van der Waals surface area contributed by atoms with Gasteiger partial charge in [-0.3, -0.25) is 0 Å². The zero-order chi connectivity index (χ0) is 12.1. The lowest BCUT2D eigenvalue weighted by Crippen LogP contribution is -2.30. The Balaban J connectivity index is 2.26. The minimum absolute atomic E-state index is 0.546. The zero-order valence-electron chi connectivity index (χ0n) is 10.1. The summed E-state index contributed by atoms with van der Waals surface area (Å²) in [7, 11) is 0. The lowest BCUT2D eigenvalue weighted by atomic mass is 9.89. The highest BCUT2D eigenvalue weighted by Crippen LogP contribution is 2.28. The maximum absolute atomic E-state index is 10.8. The van der Waals surface area contributed by atoms with E-state index in [1.54, 1.807) is 12.5 Å². The van der Waals surface area contributed by atoms with E-state index < -0.39 is 5.60 Å². The summed E-state index contributed by atoms with van der Waals surface area (Å²) in [6.07, 6.45) is 7.04. The van der Waals surface area contributed by atoms with E-state index in [-0.39, 0.29) is 0 Å². The van der Waals surface area contributed by atoms with Crippen LogP contribution >= 0.6 is 0 Å². The summed E-state index contributed by atoms with van der Waals surface area (Å²) in [5, 5.41) is 10.8. The van der Waals surface area contributed by atoms with Gasteiger partial charge >= 0.3 is 0 Å². The van der Waals surface area contributed by atoms with Gasteiger partial charge in [-0.2, -0.15) is 0 Å². The van der Waals surface area contributed by atoms with E-state index in [9.17, 15) is 5.11 Å². The van der Waals surface area contributed by atoms with Crippen LogP contribution in [0.25, 0.3) is 0 Å². The summed E-state index contributed by atoms with van der Waals surface area (Å²) in [4.78, 5) is 4.01. The largest absolute Gasteiger partial charge is 0.383 e. The predicted molar refractivity (Wildman–Crippen MR) is 67.5 cm³/mol. The van der Waals surface area contributed by atoms with Crippen LogP contribution in [0.2, 0.25) is 0 Å². The minimum Gasteiger partial charge on any atom is -0.383 e. The van der Waals surface area contributed by atoms with Crippen LogP contribution < -0.4 is 0 Å². The maximum atomic E-state index is 10.8. The molecule has 0 aliphatic carbocycles. The normalized spacial score (nSPS) is 14.5. The molecular weight excluding hydrogens is 212 g/mol. The van der Waals surface area contributed by atoms with Gasteiger partial charge < -0.3 is 9.67 Å². The summed E-state index contributed by atoms with van der Waals surface area (Å²) >= 11 is 0. The Bertz CT molecular complexity index is 439. The average Bonchev–Trinajstić information content (AvgIpc) is 2.83. The van der Waals surface area contributed by atoms with Crippen molar-refractivity contribution < 1.29 is 5.11 Å². The van der Waals surface area contributed by atoms with Gasteiger partial charge in [-0.25, -0.2) is 4.98 Å². The Kier molecular flexibility index (Phi) is 3.59. The molecule has 2 aromatic rings. The second-order valence-corrected chi connectivity index (χ2v) is 4.38. The van der Waals surface area contributed by atoms with Crippen molar-refractivity contribution in [3.8, 4) is 0 Å². The van der Waals surface area contributed by atoms with Crippen LogP contribution in [-0.4, -0.2) is 14.7 Å². The Hall–Kier alpha value is -1.61. The SMILES string of the molecule is CCCC(O)(Cn1ccnc1)c1ccccc1. The molecular formula is C14H18N2O. The van der Waals surface area contributed by atoms with Crippen LogP contribution in [0.15, 0.2) is 49.1 Å². The number of aromatic nitrogens is 2. The summed E-state index contributed by atoms with van der Waals surface area (Å²) in [5.41, 5.74) is 0.159. The van der Waals surface area contributed by atoms with Crippen molar-refractivity contribution in [2.45, 2.75) is 31.9 Å². The van der Waals surface area contributed by atoms with Crippen LogP contribution in [0, 0.1) is 0 Å². The number of nitrogens with zero attached hydrogens (tertiary/aromatic N) is 2. The lowest BCUT2D eigenvalue weighted by molar-refractivity contribution is 0.00886. The van der Waals surface area contributed by atoms with Crippen molar-refractivity contribution in [1.29, 1.82) is 0 Å². The van der Waals surface area contributed by atoms with Crippen molar-refractivity contribution in [1.82, 2.24) is 9.55 Å². The first-order chi connectivity index (χ1) is 8.24. The van der Waals surface area contributed by atoms with Crippen LogP contribution in [0.5, 0.6) is 0 Å². The van der Waals surface area contributed by atoms with Crippen molar-refractivity contribution in [2.24, 2.45) is 0 Å². The highest BCUT2D eigenvalue weighted by atomic mass is 16.3. The molecule has 1 aromatic carbocycles. The third-order valence-electron chi connectivity index (χ3n) is 2.98. The van der Waals surface area contributed by atoms with E-state index in [4.69, 9.17) is 0 Å². The van der Waals surface area contributed by atoms with Gasteiger partial charge in [-0.1, -0.05) is 43.7 Å². The van der Waals surface area contributed by atoms with E-state index >= 15 is 0 Å². The van der Waals surface area contributed by atoms with E-state index in [2.05, 4.69) is 11.9 Å². The molecule has 1 heterocycles. The quantitative estimate of drug-likeness (QED) is 0.857. The number of aliphatic hydroxyl groups is 1. The van der Waals surface area contributed by atoms with Crippen molar-refractivity contribution >= 4 is 0 Å². The third-order valence-corrected chi connectivity index (χ3v) is 2.98. The summed E-state index contributed by atoms with van der Waals surface area (Å²) in [6, 6.07) is 9.85. The predicted octanol–water partition coefficient (Wildman–Crippen LogP) is 2.57. The molecule has 3 nitrogen and oxygen atoms in total. The van der Waals surface area contributed by atoms with Crippen LogP contribution in [0.4, 0.5) is 0 Å². The number of rotatable bonds is 5. The van der Waals surface area contributed by atoms with Gasteiger partial charge in [0, 0.05) is 12.4 Å². The smallest absolute Gasteiger partial charge is 0.107 e. The molecule has 1 N–H and O–H groups in total. The first-order valence-corrected chi connectivity index (χ1v) is 5.98. The van der Waals surface area contributed by atoms with Crippen molar-refractivity contribution in [3.63, 3.8) is 0 Å². The fourth-order valence-corrected chi connectivity index (χ4v) is 2.16. The molecule has 3 heteroatoms. The highest BCUT2D eigenvalue weighted by Gasteiger charge is 2.28. The number of benzene rings is 1. The van der Waals surface area contributed by atoms with Crippen molar-refractivity contribution in [2.75, 3.05) is 0 Å². The monoisotopic (exact) mass is 230 g/mol. The third kappa shape index (κ3) is 2.74. The molecule has 2 rings (SSSR count). The summed E-state index contributed by atoms with van der Waals surface area (Å²) in [6.45, 7) is 2.63. The Morgan fingerprint density at radius 3 is 2.65 bits per heavy atom. The number of hydrogen-bond acceptors (Lipinski definition) is 2. The molecule has 0 saturated carbocycles. The fraction of sp³-hybridized carbons (Fsp3) is 0.357. The lowest BCUT2D eigenvalue weighted by Gasteiger charge is -2.28. The molecule has 1 atom stereocenters. The molecule has 17 heavy (non-hydrogen) atoms. The van der Waals surface area contributed by atoms with Gasteiger partial charge in [0.25, 0.3) is 0 Å². The Morgan fingerprint density at radius 2 is 2.06 bits per heavy atom. The molecule has 0 aliphatic heterocycles. The molecule has 0 aliphatic rings. The molecule has 0 fully saturated rings. The molecule has 0 spiro atoms. The Morgan fingerprint density at radius 1 is 1.29 bits per heavy atom. The molecule has 0 bridgehead atoms. The van der Waals surface area contributed by atoms with Crippen molar-refractivity contribution in [3.05, 3.63) is 54.6 Å². The van der Waals surface area contributed by atoms with Gasteiger partial charge in [-0.05, 0) is 12.0 Å². The van der Waals surface area contributed by atoms with E-state index in [0.717, 1.165) is 18.4 Å². The van der Waals surface area contributed by atoms with Gasteiger partial charge in [0.2, 0.25) is 0 Å². The van der Waals surface area contributed by atoms with E-state index in [1.165, 1.54) is 0 Å².